The van der Waals surface area contributed by atoms with Gasteiger partial charge in [-0.1, -0.05) is 18.2 Å². The number of hydrogen-bond acceptors (Lipinski definition) is 3. The first-order chi connectivity index (χ1) is 5.34. The fourth-order valence-electron chi connectivity index (χ4n) is 0.614. The Balaban J connectivity index is 0.00000121. The third kappa shape index (κ3) is 3.37. The molecule has 0 saturated carbocycles. The quantitative estimate of drug-likeness (QED) is 0.512. The van der Waals surface area contributed by atoms with Gasteiger partial charge < -0.3 is 4.18 Å². The molecule has 1 rings (SSSR count). The van der Waals surface area contributed by atoms with Crippen LogP contribution in [0.3, 0.4) is 0 Å². The van der Waals surface area contributed by atoms with Crippen molar-refractivity contribution in [1.82, 2.24) is 0 Å². The average Bonchev–Trinajstić information content (AvgIpc) is 2.07. The van der Waals surface area contributed by atoms with Crippen LogP contribution in [-0.4, -0.2) is 33.8 Å². The van der Waals surface area contributed by atoms with Crippen LogP contribution in [-0.2, 0) is 15.3 Å². The Morgan fingerprint density at radius 2 is 1.92 bits per heavy atom. The molecule has 0 heterocycles. The van der Waals surface area contributed by atoms with Crippen LogP contribution in [0.2, 0.25) is 0 Å². The molecule has 0 aromatic heterocycles. The van der Waals surface area contributed by atoms with Crippen molar-refractivity contribution in [2.24, 2.45) is 0 Å². The van der Waals surface area contributed by atoms with Crippen LogP contribution in [0.5, 0.6) is 0 Å². The van der Waals surface area contributed by atoms with Crippen LogP contribution in [0, 0.1) is 11.5 Å². The second-order valence-electron chi connectivity index (χ2n) is 1.72. The third-order valence-corrected chi connectivity index (χ3v) is 1.93. The molecule has 1 radical (unpaired) electrons. The molecule has 12 heavy (non-hydrogen) atoms. The van der Waals surface area contributed by atoms with Gasteiger partial charge in [0, 0.05) is 29.6 Å². The fraction of sp³-hybridized carbons (Fsp3) is 0. The van der Waals surface area contributed by atoms with Crippen LogP contribution in [0.25, 0.3) is 0 Å². The van der Waals surface area contributed by atoms with E-state index in [9.17, 15) is 4.21 Å². The van der Waals surface area contributed by atoms with Gasteiger partial charge in [0.2, 0.25) is 0 Å². The first-order valence-electron chi connectivity index (χ1n) is 2.88. The second kappa shape index (κ2) is 6.21. The standard InChI is InChI=1S/C7H5NO2S.Na/c8-6-10-11(9)7-4-2-1-3-5-7;/h1-5H;. The molecular weight excluding hydrogens is 185 g/mol. The van der Waals surface area contributed by atoms with Crippen molar-refractivity contribution >= 4 is 40.6 Å². The van der Waals surface area contributed by atoms with E-state index >= 15 is 0 Å². The van der Waals surface area contributed by atoms with Crippen molar-refractivity contribution in [2.45, 2.75) is 4.90 Å². The molecular formula is C7H5NNaO2S. The number of rotatable bonds is 2. The Kier molecular flexibility index (Phi) is 6.03. The Labute approximate surface area is 95.3 Å². The summed E-state index contributed by atoms with van der Waals surface area (Å²) in [6, 6.07) is 8.52. The van der Waals surface area contributed by atoms with Crippen molar-refractivity contribution in [3.8, 4) is 6.26 Å². The summed E-state index contributed by atoms with van der Waals surface area (Å²) in [4.78, 5) is 0.494. The van der Waals surface area contributed by atoms with E-state index in [0.717, 1.165) is 0 Å². The van der Waals surface area contributed by atoms with E-state index in [1.54, 1.807) is 30.3 Å². The van der Waals surface area contributed by atoms with E-state index in [1.165, 1.54) is 6.26 Å². The minimum absolute atomic E-state index is 0. The van der Waals surface area contributed by atoms with Gasteiger partial charge in [0.15, 0.2) is 0 Å². The van der Waals surface area contributed by atoms with Gasteiger partial charge in [-0.15, -0.1) is 5.26 Å². The minimum atomic E-state index is -1.64. The molecule has 1 unspecified atom stereocenters. The predicted molar refractivity (Wildman–Crippen MR) is 45.3 cm³/mol. The molecule has 0 aliphatic carbocycles. The topological polar surface area (TPSA) is 50.1 Å². The monoisotopic (exact) mass is 190 g/mol. The summed E-state index contributed by atoms with van der Waals surface area (Å²) < 4.78 is 15.1. The molecule has 0 aliphatic heterocycles. The van der Waals surface area contributed by atoms with E-state index in [2.05, 4.69) is 4.18 Å². The largest absolute Gasteiger partial charge is 0.318 e. The number of benzene rings is 1. The average molecular weight is 190 g/mol. The Morgan fingerprint density at radius 1 is 1.33 bits per heavy atom. The maximum Gasteiger partial charge on any atom is 0.302 e. The first kappa shape index (κ1) is 11.7. The van der Waals surface area contributed by atoms with Gasteiger partial charge in [-0.2, -0.15) is 0 Å². The van der Waals surface area contributed by atoms with Crippen molar-refractivity contribution in [1.29, 1.82) is 5.26 Å². The van der Waals surface area contributed by atoms with E-state index in [-0.39, 0.29) is 29.6 Å². The fourth-order valence-corrected chi connectivity index (χ4v) is 1.16. The first-order valence-corrected chi connectivity index (χ1v) is 3.95. The van der Waals surface area contributed by atoms with Crippen molar-refractivity contribution in [3.05, 3.63) is 30.3 Å². The molecule has 1 aromatic rings. The molecule has 3 nitrogen and oxygen atoms in total. The molecule has 0 N–H and O–H groups in total. The van der Waals surface area contributed by atoms with E-state index < -0.39 is 11.1 Å². The maximum atomic E-state index is 10.9. The summed E-state index contributed by atoms with van der Waals surface area (Å²) in [6.45, 7) is 0. The van der Waals surface area contributed by atoms with E-state index in [1.807, 2.05) is 0 Å². The van der Waals surface area contributed by atoms with Gasteiger partial charge in [0.1, 0.15) is 0 Å². The molecule has 0 saturated heterocycles. The molecule has 0 fully saturated rings. The number of nitrogens with zero attached hydrogens (tertiary/aromatic N) is 1. The SMILES string of the molecule is N#COS(=O)c1ccccc1.[Na]. The molecule has 0 aliphatic rings. The number of nitriles is 1. The van der Waals surface area contributed by atoms with Gasteiger partial charge in [-0.3, -0.25) is 0 Å². The van der Waals surface area contributed by atoms with E-state index in [0.29, 0.717) is 4.90 Å². The summed E-state index contributed by atoms with van der Waals surface area (Å²) >= 11 is -1.64. The smallest absolute Gasteiger partial charge is 0.302 e. The summed E-state index contributed by atoms with van der Waals surface area (Å²) in [5, 5.41) is 8.03. The third-order valence-electron chi connectivity index (χ3n) is 1.05. The zero-order valence-corrected chi connectivity index (χ0v) is 9.38. The molecule has 57 valence electrons. The molecule has 1 aromatic carbocycles. The predicted octanol–water partition coefficient (Wildman–Crippen LogP) is 0.826. The summed E-state index contributed by atoms with van der Waals surface area (Å²) in [7, 11) is 0. The summed E-state index contributed by atoms with van der Waals surface area (Å²) in [5.74, 6) is 0. The van der Waals surface area contributed by atoms with Crippen LogP contribution >= 0.6 is 0 Å². The summed E-state index contributed by atoms with van der Waals surface area (Å²) in [5.41, 5.74) is 0. The molecule has 0 amide bonds. The molecule has 5 heteroatoms. The minimum Gasteiger partial charge on any atom is -0.318 e. The van der Waals surface area contributed by atoms with Gasteiger partial charge in [-0.05, 0) is 12.1 Å². The van der Waals surface area contributed by atoms with Gasteiger partial charge in [-0.25, -0.2) is 4.21 Å². The molecule has 0 bridgehead atoms. The van der Waals surface area contributed by atoms with Crippen LogP contribution < -0.4 is 0 Å². The molecule has 1 atom stereocenters. The summed E-state index contributed by atoms with van der Waals surface area (Å²) in [6.07, 6.45) is 1.37. The Morgan fingerprint density at radius 3 is 2.42 bits per heavy atom. The van der Waals surface area contributed by atoms with Crippen molar-refractivity contribution < 1.29 is 8.39 Å². The van der Waals surface area contributed by atoms with Gasteiger partial charge in [0.05, 0.1) is 4.90 Å². The van der Waals surface area contributed by atoms with Crippen LogP contribution in [0.15, 0.2) is 35.2 Å². The zero-order valence-electron chi connectivity index (χ0n) is 6.56. The maximum absolute atomic E-state index is 10.9. The van der Waals surface area contributed by atoms with Crippen molar-refractivity contribution in [2.75, 3.05) is 0 Å². The second-order valence-corrected chi connectivity index (χ2v) is 2.83. The van der Waals surface area contributed by atoms with Crippen molar-refractivity contribution in [3.63, 3.8) is 0 Å². The zero-order chi connectivity index (χ0) is 8.10. The Hall–Kier alpha value is -0.340. The van der Waals surface area contributed by atoms with Gasteiger partial charge in [0.25, 0.3) is 11.1 Å². The number of hydrogen-bond donors (Lipinski definition) is 0. The van der Waals surface area contributed by atoms with E-state index in [4.69, 9.17) is 5.26 Å². The molecule has 0 spiro atoms. The van der Waals surface area contributed by atoms with Gasteiger partial charge >= 0.3 is 6.26 Å². The Bertz CT molecular complexity index is 296. The normalized spacial score (nSPS) is 10.6. The van der Waals surface area contributed by atoms with Crippen LogP contribution in [0.1, 0.15) is 0 Å². The van der Waals surface area contributed by atoms with Crippen LogP contribution in [0.4, 0.5) is 0 Å².